The third-order valence-electron chi connectivity index (χ3n) is 4.25. The van der Waals surface area contributed by atoms with Gasteiger partial charge in [-0.1, -0.05) is 18.2 Å². The van der Waals surface area contributed by atoms with Gasteiger partial charge in [-0.15, -0.1) is 22.7 Å². The van der Waals surface area contributed by atoms with Crippen LogP contribution in [0.3, 0.4) is 0 Å². The van der Waals surface area contributed by atoms with Crippen LogP contribution in [0, 0.1) is 0 Å². The van der Waals surface area contributed by atoms with Gasteiger partial charge in [-0.05, 0) is 42.5 Å². The highest BCUT2D eigenvalue weighted by molar-refractivity contribution is 7.22. The van der Waals surface area contributed by atoms with Crippen LogP contribution in [0.25, 0.3) is 41.6 Å². The van der Waals surface area contributed by atoms with Crippen molar-refractivity contribution >= 4 is 54.5 Å². The highest BCUT2D eigenvalue weighted by atomic mass is 32.1. The number of benzene rings is 3. The second kappa shape index (κ2) is 5.79. The fourth-order valence-corrected chi connectivity index (χ4v) is 5.03. The first kappa shape index (κ1) is 15.3. The number of fused-ring (bicyclic) bond motifs is 2. The highest BCUT2D eigenvalue weighted by Crippen LogP contribution is 2.41. The highest BCUT2D eigenvalue weighted by Gasteiger charge is 2.16. The molecule has 5 rings (SSSR count). The zero-order chi connectivity index (χ0) is 17.7. The topological polar surface area (TPSA) is 77.8 Å². The molecular formula is C20H14N4S2. The van der Waals surface area contributed by atoms with Crippen LogP contribution in [-0.2, 0) is 0 Å². The molecule has 26 heavy (non-hydrogen) atoms. The molecule has 2 aromatic heterocycles. The first-order valence-electron chi connectivity index (χ1n) is 8.10. The van der Waals surface area contributed by atoms with E-state index >= 15 is 0 Å². The Bertz CT molecular complexity index is 1240. The molecular weight excluding hydrogens is 360 g/mol. The second-order valence-corrected chi connectivity index (χ2v) is 8.07. The molecule has 0 spiro atoms. The van der Waals surface area contributed by atoms with Gasteiger partial charge >= 0.3 is 0 Å². The van der Waals surface area contributed by atoms with Crippen molar-refractivity contribution in [1.29, 1.82) is 0 Å². The summed E-state index contributed by atoms with van der Waals surface area (Å²) in [7, 11) is 0. The maximum absolute atomic E-state index is 6.09. The van der Waals surface area contributed by atoms with Gasteiger partial charge in [0.2, 0.25) is 0 Å². The van der Waals surface area contributed by atoms with Gasteiger partial charge in [-0.25, -0.2) is 9.97 Å². The van der Waals surface area contributed by atoms with Gasteiger partial charge < -0.3 is 11.5 Å². The van der Waals surface area contributed by atoms with E-state index in [1.54, 1.807) is 22.7 Å². The quantitative estimate of drug-likeness (QED) is 0.405. The van der Waals surface area contributed by atoms with Gasteiger partial charge in [0.05, 0.1) is 20.6 Å². The largest absolute Gasteiger partial charge is 0.399 e. The van der Waals surface area contributed by atoms with Gasteiger partial charge in [-0.2, -0.15) is 0 Å². The SMILES string of the molecule is Nc1ccc(-c2nc3c(N)cccc3s2)c(-c2nc3ccccc3s2)c1. The lowest BCUT2D eigenvalue weighted by Gasteiger charge is -2.05. The van der Waals surface area contributed by atoms with E-state index in [2.05, 4.69) is 6.07 Å². The van der Waals surface area contributed by atoms with Crippen LogP contribution in [0.4, 0.5) is 11.4 Å². The lowest BCUT2D eigenvalue weighted by molar-refractivity contribution is 1.44. The number of nitrogens with two attached hydrogens (primary N) is 2. The van der Waals surface area contributed by atoms with E-state index in [4.69, 9.17) is 21.4 Å². The summed E-state index contributed by atoms with van der Waals surface area (Å²) in [4.78, 5) is 9.58. The number of rotatable bonds is 2. The number of hydrogen-bond acceptors (Lipinski definition) is 6. The predicted octanol–water partition coefficient (Wildman–Crippen LogP) is 5.40. The number of anilines is 2. The van der Waals surface area contributed by atoms with E-state index in [9.17, 15) is 0 Å². The molecule has 2 heterocycles. The van der Waals surface area contributed by atoms with Crippen LogP contribution >= 0.6 is 22.7 Å². The molecule has 126 valence electrons. The predicted molar refractivity (Wildman–Crippen MR) is 112 cm³/mol. The molecule has 4 N–H and O–H groups in total. The third-order valence-corrected chi connectivity index (χ3v) is 6.37. The maximum atomic E-state index is 6.09. The van der Waals surface area contributed by atoms with Crippen LogP contribution in [0.1, 0.15) is 0 Å². The molecule has 0 fully saturated rings. The molecule has 0 aliphatic rings. The summed E-state index contributed by atoms with van der Waals surface area (Å²) in [5.74, 6) is 0. The van der Waals surface area contributed by atoms with Crippen LogP contribution in [0.2, 0.25) is 0 Å². The molecule has 0 radical (unpaired) electrons. The van der Waals surface area contributed by atoms with Crippen molar-refractivity contribution < 1.29 is 0 Å². The van der Waals surface area contributed by atoms with Crippen molar-refractivity contribution in [3.8, 4) is 21.1 Å². The van der Waals surface area contributed by atoms with Crippen molar-refractivity contribution in [2.24, 2.45) is 0 Å². The minimum absolute atomic E-state index is 0.696. The minimum Gasteiger partial charge on any atom is -0.399 e. The van der Waals surface area contributed by atoms with Crippen LogP contribution < -0.4 is 11.5 Å². The van der Waals surface area contributed by atoms with Crippen molar-refractivity contribution in [3.63, 3.8) is 0 Å². The number of hydrogen-bond donors (Lipinski definition) is 2. The van der Waals surface area contributed by atoms with Gasteiger partial charge in [0.1, 0.15) is 15.5 Å². The van der Waals surface area contributed by atoms with Crippen molar-refractivity contribution in [1.82, 2.24) is 9.97 Å². The maximum Gasteiger partial charge on any atom is 0.125 e. The van der Waals surface area contributed by atoms with Gasteiger partial charge in [-0.3, -0.25) is 0 Å². The number of nitrogens with zero attached hydrogens (tertiary/aromatic N) is 2. The van der Waals surface area contributed by atoms with E-state index in [1.165, 1.54) is 0 Å². The molecule has 0 aliphatic heterocycles. The molecule has 4 nitrogen and oxygen atoms in total. The molecule has 0 amide bonds. The summed E-state index contributed by atoms with van der Waals surface area (Å²) in [5, 5.41) is 1.87. The zero-order valence-corrected chi connectivity index (χ0v) is 15.3. The third kappa shape index (κ3) is 2.42. The Morgan fingerprint density at radius 1 is 0.692 bits per heavy atom. The fraction of sp³-hybridized carbons (Fsp3) is 0. The lowest BCUT2D eigenvalue weighted by atomic mass is 10.1. The summed E-state index contributed by atoms with van der Waals surface area (Å²) in [6.07, 6.45) is 0. The van der Waals surface area contributed by atoms with Gasteiger partial charge in [0.15, 0.2) is 0 Å². The van der Waals surface area contributed by atoms with E-state index in [0.717, 1.165) is 41.6 Å². The standard InChI is InChI=1S/C20H14N4S2/c21-11-8-9-12(19-24-18-14(22)4-3-7-17(18)26-19)13(10-11)20-23-15-5-1-2-6-16(15)25-20/h1-10H,21-22H2. The normalized spacial score (nSPS) is 11.4. The molecule has 0 atom stereocenters. The summed E-state index contributed by atoms with van der Waals surface area (Å²) in [5.41, 5.74) is 17.4. The number of para-hydroxylation sites is 2. The van der Waals surface area contributed by atoms with Crippen molar-refractivity contribution in [3.05, 3.63) is 60.7 Å². The Morgan fingerprint density at radius 3 is 2.31 bits per heavy atom. The molecule has 0 saturated heterocycles. The van der Waals surface area contributed by atoms with E-state index in [1.807, 2.05) is 54.6 Å². The van der Waals surface area contributed by atoms with Gasteiger partial charge in [0, 0.05) is 16.8 Å². The molecule has 6 heteroatoms. The zero-order valence-electron chi connectivity index (χ0n) is 13.6. The number of nitrogen functional groups attached to an aromatic ring is 2. The van der Waals surface area contributed by atoms with E-state index in [0.29, 0.717) is 11.4 Å². The monoisotopic (exact) mass is 374 g/mol. The summed E-state index contributed by atoms with van der Waals surface area (Å²) in [6, 6.07) is 19.9. The molecule has 0 aliphatic carbocycles. The summed E-state index contributed by atoms with van der Waals surface area (Å²) >= 11 is 3.29. The molecule has 0 bridgehead atoms. The number of aromatic nitrogens is 2. The lowest BCUT2D eigenvalue weighted by Crippen LogP contribution is -1.90. The van der Waals surface area contributed by atoms with Gasteiger partial charge in [0.25, 0.3) is 0 Å². The van der Waals surface area contributed by atoms with Crippen molar-refractivity contribution in [2.45, 2.75) is 0 Å². The first-order valence-corrected chi connectivity index (χ1v) is 9.73. The Kier molecular flexibility index (Phi) is 3.41. The van der Waals surface area contributed by atoms with Crippen LogP contribution in [-0.4, -0.2) is 9.97 Å². The van der Waals surface area contributed by atoms with Crippen LogP contribution in [0.5, 0.6) is 0 Å². The van der Waals surface area contributed by atoms with E-state index in [-0.39, 0.29) is 0 Å². The summed E-state index contributed by atoms with van der Waals surface area (Å²) < 4.78 is 2.23. The average molecular weight is 374 g/mol. The Hall–Kier alpha value is -2.96. The smallest absolute Gasteiger partial charge is 0.125 e. The van der Waals surface area contributed by atoms with Crippen molar-refractivity contribution in [2.75, 3.05) is 11.5 Å². The minimum atomic E-state index is 0.696. The second-order valence-electron chi connectivity index (χ2n) is 6.00. The molecule has 0 unspecified atom stereocenters. The molecule has 0 saturated carbocycles. The molecule has 5 aromatic rings. The van der Waals surface area contributed by atoms with Crippen LogP contribution in [0.15, 0.2) is 60.7 Å². The first-order chi connectivity index (χ1) is 12.7. The Labute approximate surface area is 157 Å². The fourth-order valence-electron chi connectivity index (χ4n) is 3.00. The average Bonchev–Trinajstić information content (AvgIpc) is 3.26. The van der Waals surface area contributed by atoms with E-state index < -0.39 is 0 Å². The molecule has 3 aromatic carbocycles. The Morgan fingerprint density at radius 2 is 1.46 bits per heavy atom. The summed E-state index contributed by atoms with van der Waals surface area (Å²) in [6.45, 7) is 0. The Balaban J connectivity index is 1.75. The number of thiazole rings is 2.